The summed E-state index contributed by atoms with van der Waals surface area (Å²) in [6, 6.07) is 0. The topological polar surface area (TPSA) is 0 Å². The van der Waals surface area contributed by atoms with Gasteiger partial charge >= 0.3 is 0 Å². The van der Waals surface area contributed by atoms with E-state index in [0.29, 0.717) is 0 Å². The zero-order valence-electron chi connectivity index (χ0n) is 5.61. The molecule has 0 aromatic heterocycles. The van der Waals surface area contributed by atoms with Gasteiger partial charge < -0.3 is 0 Å². The molecule has 1 fully saturated rings. The van der Waals surface area contributed by atoms with Gasteiger partial charge in [0.1, 0.15) is 0 Å². The highest BCUT2D eigenvalue weighted by molar-refractivity contribution is 5.01. The average Bonchev–Trinajstić information content (AvgIpc) is 1.77. The van der Waals surface area contributed by atoms with E-state index in [9.17, 15) is 0 Å². The number of hydrogen-bond acceptors (Lipinski definition) is 0. The van der Waals surface area contributed by atoms with Crippen LogP contribution in [0.2, 0.25) is 0 Å². The van der Waals surface area contributed by atoms with Crippen LogP contribution in [-0.2, 0) is 0 Å². The largest absolute Gasteiger partial charge is 0.0996 e. The van der Waals surface area contributed by atoms with E-state index in [4.69, 9.17) is 0 Å². The van der Waals surface area contributed by atoms with Gasteiger partial charge in [-0.3, -0.25) is 0 Å². The van der Waals surface area contributed by atoms with Crippen LogP contribution in [0.1, 0.15) is 32.6 Å². The summed E-state index contributed by atoms with van der Waals surface area (Å²) in [5.41, 5.74) is 1.47. The van der Waals surface area contributed by atoms with Crippen LogP contribution in [0.15, 0.2) is 12.2 Å². The lowest BCUT2D eigenvalue weighted by atomic mass is 9.87. The molecule has 0 radical (unpaired) electrons. The lowest BCUT2D eigenvalue weighted by Gasteiger charge is -2.19. The summed E-state index contributed by atoms with van der Waals surface area (Å²) < 4.78 is 0. The van der Waals surface area contributed by atoms with Crippen LogP contribution in [-0.4, -0.2) is 0 Å². The van der Waals surface area contributed by atoms with E-state index in [1.165, 1.54) is 31.3 Å². The summed E-state index contributed by atoms with van der Waals surface area (Å²) in [5.74, 6) is 0.809. The SMILES string of the molecule is C=C1CCCCC1C. The van der Waals surface area contributed by atoms with Crippen molar-refractivity contribution in [3.8, 4) is 0 Å². The van der Waals surface area contributed by atoms with Crippen LogP contribution in [0.5, 0.6) is 0 Å². The Balaban J connectivity index is 2.39. The van der Waals surface area contributed by atoms with Crippen molar-refractivity contribution >= 4 is 0 Å². The fraction of sp³-hybridized carbons (Fsp3) is 0.750. The van der Waals surface area contributed by atoms with Gasteiger partial charge in [0.2, 0.25) is 0 Å². The summed E-state index contributed by atoms with van der Waals surface area (Å²) >= 11 is 0. The smallest absolute Gasteiger partial charge is 0.0234 e. The van der Waals surface area contributed by atoms with Crippen LogP contribution in [0.4, 0.5) is 0 Å². The zero-order chi connectivity index (χ0) is 5.98. The molecule has 0 N–H and O–H groups in total. The minimum atomic E-state index is 0.809. The molecule has 0 aliphatic heterocycles. The molecule has 0 bridgehead atoms. The summed E-state index contributed by atoms with van der Waals surface area (Å²) in [5, 5.41) is 0. The first-order valence-corrected chi connectivity index (χ1v) is 3.48. The molecule has 0 spiro atoms. The predicted octanol–water partition coefficient (Wildman–Crippen LogP) is 2.75. The quantitative estimate of drug-likeness (QED) is 0.420. The van der Waals surface area contributed by atoms with E-state index in [1.807, 2.05) is 0 Å². The van der Waals surface area contributed by atoms with Gasteiger partial charge in [0.15, 0.2) is 0 Å². The number of hydrogen-bond donors (Lipinski definition) is 0. The van der Waals surface area contributed by atoms with Crippen molar-refractivity contribution < 1.29 is 0 Å². The molecule has 8 heavy (non-hydrogen) atoms. The predicted molar refractivity (Wildman–Crippen MR) is 36.8 cm³/mol. The molecule has 0 heteroatoms. The first-order chi connectivity index (χ1) is 3.80. The molecular weight excluding hydrogens is 96.1 g/mol. The van der Waals surface area contributed by atoms with Gasteiger partial charge in [-0.25, -0.2) is 0 Å². The second-order valence-corrected chi connectivity index (χ2v) is 2.81. The lowest BCUT2D eigenvalue weighted by molar-refractivity contribution is 0.486. The van der Waals surface area contributed by atoms with Gasteiger partial charge in [-0.05, 0) is 25.2 Å². The van der Waals surface area contributed by atoms with Gasteiger partial charge in [-0.2, -0.15) is 0 Å². The van der Waals surface area contributed by atoms with Crippen molar-refractivity contribution in [3.63, 3.8) is 0 Å². The fourth-order valence-corrected chi connectivity index (χ4v) is 1.25. The molecule has 46 valence electrons. The van der Waals surface area contributed by atoms with Gasteiger partial charge in [-0.1, -0.05) is 25.5 Å². The molecule has 0 heterocycles. The Hall–Kier alpha value is -0.260. The van der Waals surface area contributed by atoms with Crippen LogP contribution in [0.25, 0.3) is 0 Å². The van der Waals surface area contributed by atoms with Crippen LogP contribution in [0, 0.1) is 5.92 Å². The Kier molecular flexibility index (Phi) is 1.72. The van der Waals surface area contributed by atoms with Crippen molar-refractivity contribution in [3.05, 3.63) is 12.2 Å². The first kappa shape index (κ1) is 5.87. The Morgan fingerprint density at radius 1 is 1.50 bits per heavy atom. The molecule has 0 aromatic carbocycles. The highest BCUT2D eigenvalue weighted by atomic mass is 14.2. The normalized spacial score (nSPS) is 30.6. The number of allylic oxidation sites excluding steroid dienone is 1. The van der Waals surface area contributed by atoms with Crippen molar-refractivity contribution in [2.45, 2.75) is 32.6 Å². The van der Waals surface area contributed by atoms with Crippen molar-refractivity contribution in [1.82, 2.24) is 0 Å². The third-order valence-electron chi connectivity index (χ3n) is 2.08. The molecule has 0 saturated heterocycles. The maximum absolute atomic E-state index is 4.00. The maximum Gasteiger partial charge on any atom is -0.0234 e. The molecule has 1 unspecified atom stereocenters. The standard InChI is InChI=1S/C8H14/c1-7-5-3-4-6-8(7)2/h8H,1,3-6H2,2H3. The minimum absolute atomic E-state index is 0.809. The molecule has 0 aromatic rings. The minimum Gasteiger partial charge on any atom is -0.0996 e. The van der Waals surface area contributed by atoms with Gasteiger partial charge in [-0.15, -0.1) is 0 Å². The molecule has 1 atom stereocenters. The molecule has 1 saturated carbocycles. The molecule has 1 aliphatic rings. The highest BCUT2D eigenvalue weighted by Gasteiger charge is 2.10. The first-order valence-electron chi connectivity index (χ1n) is 3.48. The summed E-state index contributed by atoms with van der Waals surface area (Å²) in [6.45, 7) is 6.27. The van der Waals surface area contributed by atoms with Crippen molar-refractivity contribution in [2.75, 3.05) is 0 Å². The van der Waals surface area contributed by atoms with E-state index >= 15 is 0 Å². The highest BCUT2D eigenvalue weighted by Crippen LogP contribution is 2.26. The van der Waals surface area contributed by atoms with E-state index in [-0.39, 0.29) is 0 Å². The summed E-state index contributed by atoms with van der Waals surface area (Å²) in [6.07, 6.45) is 5.45. The molecular formula is C8H14. The summed E-state index contributed by atoms with van der Waals surface area (Å²) in [7, 11) is 0. The molecule has 0 amide bonds. The molecule has 1 aliphatic carbocycles. The van der Waals surface area contributed by atoms with E-state index in [0.717, 1.165) is 5.92 Å². The molecule has 1 rings (SSSR count). The van der Waals surface area contributed by atoms with Crippen LogP contribution in [0.3, 0.4) is 0 Å². The second kappa shape index (κ2) is 2.34. The van der Waals surface area contributed by atoms with E-state index in [2.05, 4.69) is 13.5 Å². The van der Waals surface area contributed by atoms with Crippen molar-refractivity contribution in [1.29, 1.82) is 0 Å². The third-order valence-corrected chi connectivity index (χ3v) is 2.08. The monoisotopic (exact) mass is 110 g/mol. The van der Waals surface area contributed by atoms with E-state index < -0.39 is 0 Å². The average molecular weight is 110 g/mol. The number of rotatable bonds is 0. The maximum atomic E-state index is 4.00. The molecule has 0 nitrogen and oxygen atoms in total. The Labute approximate surface area is 51.6 Å². The fourth-order valence-electron chi connectivity index (χ4n) is 1.25. The second-order valence-electron chi connectivity index (χ2n) is 2.81. The van der Waals surface area contributed by atoms with Crippen LogP contribution < -0.4 is 0 Å². The Bertz CT molecular complexity index is 92.2. The third kappa shape index (κ3) is 1.12. The van der Waals surface area contributed by atoms with Gasteiger partial charge in [0.05, 0.1) is 0 Å². The Morgan fingerprint density at radius 3 is 2.62 bits per heavy atom. The lowest BCUT2D eigenvalue weighted by Crippen LogP contribution is -2.03. The Morgan fingerprint density at radius 2 is 2.25 bits per heavy atom. The van der Waals surface area contributed by atoms with Gasteiger partial charge in [0, 0.05) is 0 Å². The van der Waals surface area contributed by atoms with Crippen molar-refractivity contribution in [2.24, 2.45) is 5.92 Å². The summed E-state index contributed by atoms with van der Waals surface area (Å²) in [4.78, 5) is 0. The van der Waals surface area contributed by atoms with Crippen LogP contribution >= 0.6 is 0 Å². The van der Waals surface area contributed by atoms with E-state index in [1.54, 1.807) is 0 Å². The zero-order valence-corrected chi connectivity index (χ0v) is 5.61. The van der Waals surface area contributed by atoms with Gasteiger partial charge in [0.25, 0.3) is 0 Å².